The van der Waals surface area contributed by atoms with Crippen molar-refractivity contribution in [3.63, 3.8) is 0 Å². The van der Waals surface area contributed by atoms with E-state index >= 15 is 0 Å². The number of nitrogens with one attached hydrogen (secondary N) is 1. The van der Waals surface area contributed by atoms with Gasteiger partial charge >= 0.3 is 0 Å². The van der Waals surface area contributed by atoms with E-state index in [2.05, 4.69) is 46.6 Å². The quantitative estimate of drug-likeness (QED) is 0.661. The minimum absolute atomic E-state index is 0.154. The van der Waals surface area contributed by atoms with Gasteiger partial charge in [0, 0.05) is 12.3 Å². The highest BCUT2D eigenvalue weighted by molar-refractivity contribution is 7.99. The number of amides is 1. The predicted molar refractivity (Wildman–Crippen MR) is 108 cm³/mol. The first-order valence-corrected chi connectivity index (χ1v) is 10.3. The van der Waals surface area contributed by atoms with Crippen LogP contribution in [0.3, 0.4) is 0 Å². The maximum Gasteiger partial charge on any atom is 0.258 e. The van der Waals surface area contributed by atoms with Gasteiger partial charge in [0.1, 0.15) is 5.82 Å². The second-order valence-corrected chi connectivity index (χ2v) is 7.82. The van der Waals surface area contributed by atoms with Crippen molar-refractivity contribution in [2.24, 2.45) is 0 Å². The molecule has 0 aliphatic heterocycles. The Hall–Kier alpha value is -2.60. The summed E-state index contributed by atoms with van der Waals surface area (Å²) in [5.41, 5.74) is 3.22. The van der Waals surface area contributed by atoms with Gasteiger partial charge in [-0.05, 0) is 48.3 Å². The van der Waals surface area contributed by atoms with E-state index in [4.69, 9.17) is 0 Å². The summed E-state index contributed by atoms with van der Waals surface area (Å²) in [4.78, 5) is 17.0. The van der Waals surface area contributed by atoms with Crippen molar-refractivity contribution < 1.29 is 4.79 Å². The molecule has 0 unspecified atom stereocenters. The maximum atomic E-state index is 12.7. The normalized spacial score (nSPS) is 16.0. The minimum atomic E-state index is -0.165. The largest absolute Gasteiger partial charge is 0.307 e. The Balaban J connectivity index is 1.55. The SMILES string of the molecule is CCSc1ccc(C(=O)Nc2ccnn2[C@@H]2CCCc3ccccc32)cn1. The van der Waals surface area contributed by atoms with Gasteiger partial charge in [0.15, 0.2) is 0 Å². The molecule has 2 aromatic heterocycles. The van der Waals surface area contributed by atoms with E-state index in [0.717, 1.165) is 30.0 Å². The topological polar surface area (TPSA) is 59.8 Å². The van der Waals surface area contributed by atoms with Gasteiger partial charge in [-0.15, -0.1) is 11.8 Å². The Morgan fingerprint density at radius 3 is 2.96 bits per heavy atom. The lowest BCUT2D eigenvalue weighted by molar-refractivity contribution is 0.102. The van der Waals surface area contributed by atoms with Crippen LogP contribution >= 0.6 is 11.8 Å². The highest BCUT2D eigenvalue weighted by Gasteiger charge is 2.24. The van der Waals surface area contributed by atoms with Crippen LogP contribution in [0, 0.1) is 0 Å². The maximum absolute atomic E-state index is 12.7. The molecule has 1 aliphatic rings. The number of hydrogen-bond acceptors (Lipinski definition) is 4. The van der Waals surface area contributed by atoms with Gasteiger partial charge in [-0.2, -0.15) is 5.10 Å². The van der Waals surface area contributed by atoms with Crippen molar-refractivity contribution in [1.29, 1.82) is 0 Å². The molecule has 0 spiro atoms. The third-order valence-electron chi connectivity index (χ3n) is 4.84. The van der Waals surface area contributed by atoms with E-state index in [1.807, 2.05) is 22.9 Å². The summed E-state index contributed by atoms with van der Waals surface area (Å²) < 4.78 is 1.94. The fourth-order valence-corrected chi connectivity index (χ4v) is 4.17. The van der Waals surface area contributed by atoms with Gasteiger partial charge in [0.2, 0.25) is 0 Å². The Kier molecular flexibility index (Phi) is 5.25. The van der Waals surface area contributed by atoms with E-state index in [1.165, 1.54) is 11.1 Å². The zero-order chi connectivity index (χ0) is 18.6. The molecule has 138 valence electrons. The standard InChI is InChI=1S/C21H22N4OS/c1-2-27-20-11-10-16(14-22-20)21(26)24-19-12-13-23-25(19)18-9-5-7-15-6-3-4-8-17(15)18/h3-4,6,8,10-14,18H,2,5,7,9H2,1H3,(H,24,26)/t18-/m1/s1. The number of rotatable bonds is 5. The van der Waals surface area contributed by atoms with Crippen LogP contribution in [-0.4, -0.2) is 26.4 Å². The van der Waals surface area contributed by atoms with Gasteiger partial charge in [-0.1, -0.05) is 31.2 Å². The number of benzene rings is 1. The van der Waals surface area contributed by atoms with Gasteiger partial charge in [0.05, 0.1) is 22.8 Å². The summed E-state index contributed by atoms with van der Waals surface area (Å²) >= 11 is 1.66. The summed E-state index contributed by atoms with van der Waals surface area (Å²) in [7, 11) is 0. The molecule has 0 saturated carbocycles. The number of anilines is 1. The molecule has 3 aromatic rings. The van der Waals surface area contributed by atoms with Crippen LogP contribution < -0.4 is 5.32 Å². The monoisotopic (exact) mass is 378 g/mol. The highest BCUT2D eigenvalue weighted by Crippen LogP contribution is 2.34. The van der Waals surface area contributed by atoms with Crippen LogP contribution in [-0.2, 0) is 6.42 Å². The third kappa shape index (κ3) is 3.76. The van der Waals surface area contributed by atoms with Crippen LogP contribution in [0.5, 0.6) is 0 Å². The first-order chi connectivity index (χ1) is 13.3. The zero-order valence-electron chi connectivity index (χ0n) is 15.3. The van der Waals surface area contributed by atoms with E-state index in [9.17, 15) is 4.79 Å². The highest BCUT2D eigenvalue weighted by atomic mass is 32.2. The van der Waals surface area contributed by atoms with Crippen molar-refractivity contribution in [3.8, 4) is 0 Å². The first-order valence-electron chi connectivity index (χ1n) is 9.28. The smallest absolute Gasteiger partial charge is 0.258 e. The van der Waals surface area contributed by atoms with E-state index in [1.54, 1.807) is 24.2 Å². The summed E-state index contributed by atoms with van der Waals surface area (Å²) in [6, 6.07) is 14.2. The number of thioether (sulfide) groups is 1. The number of pyridine rings is 1. The Morgan fingerprint density at radius 1 is 1.26 bits per heavy atom. The molecule has 1 aromatic carbocycles. The molecule has 0 radical (unpaired) electrons. The molecule has 0 fully saturated rings. The molecule has 1 N–H and O–H groups in total. The molecule has 4 rings (SSSR count). The van der Waals surface area contributed by atoms with Crippen molar-refractivity contribution in [3.05, 3.63) is 71.5 Å². The first kappa shape index (κ1) is 17.8. The number of carbonyl (C=O) groups excluding carboxylic acids is 1. The van der Waals surface area contributed by atoms with Crippen LogP contribution in [0.25, 0.3) is 0 Å². The molecule has 5 nitrogen and oxygen atoms in total. The minimum Gasteiger partial charge on any atom is -0.307 e. The van der Waals surface area contributed by atoms with Crippen molar-refractivity contribution >= 4 is 23.5 Å². The second-order valence-electron chi connectivity index (χ2n) is 6.54. The summed E-state index contributed by atoms with van der Waals surface area (Å²) in [5.74, 6) is 1.51. The molecule has 1 atom stereocenters. The number of carbonyl (C=O) groups is 1. The van der Waals surface area contributed by atoms with Gasteiger partial charge in [0.25, 0.3) is 5.91 Å². The predicted octanol–water partition coefficient (Wildman–Crippen LogP) is 4.57. The summed E-state index contributed by atoms with van der Waals surface area (Å²) in [6.45, 7) is 2.08. The van der Waals surface area contributed by atoms with E-state index < -0.39 is 0 Å². The summed E-state index contributed by atoms with van der Waals surface area (Å²) in [5, 5.41) is 8.44. The fourth-order valence-electron chi connectivity index (χ4n) is 3.58. The molecule has 0 bridgehead atoms. The van der Waals surface area contributed by atoms with Crippen molar-refractivity contribution in [2.45, 2.75) is 37.3 Å². The molecule has 1 amide bonds. The fraction of sp³-hybridized carbons (Fsp3) is 0.286. The number of aromatic nitrogens is 3. The van der Waals surface area contributed by atoms with E-state index in [0.29, 0.717) is 11.4 Å². The Labute approximate surface area is 163 Å². The zero-order valence-corrected chi connectivity index (χ0v) is 16.1. The average Bonchev–Trinajstić information content (AvgIpc) is 3.16. The lowest BCUT2D eigenvalue weighted by atomic mass is 9.88. The van der Waals surface area contributed by atoms with Crippen LogP contribution in [0.1, 0.15) is 47.3 Å². The van der Waals surface area contributed by atoms with Gasteiger partial charge in [-0.3, -0.25) is 4.79 Å². The Morgan fingerprint density at radius 2 is 2.15 bits per heavy atom. The second kappa shape index (κ2) is 7.96. The average molecular weight is 379 g/mol. The lowest BCUT2D eigenvalue weighted by Gasteiger charge is -2.27. The molecule has 2 heterocycles. The number of aryl methyl sites for hydroxylation is 1. The molecule has 27 heavy (non-hydrogen) atoms. The lowest BCUT2D eigenvalue weighted by Crippen LogP contribution is -2.22. The molecule has 0 saturated heterocycles. The van der Waals surface area contributed by atoms with Crippen molar-refractivity contribution in [2.75, 3.05) is 11.1 Å². The number of nitrogens with zero attached hydrogens (tertiary/aromatic N) is 3. The number of fused-ring (bicyclic) bond motifs is 1. The third-order valence-corrected chi connectivity index (χ3v) is 5.66. The number of hydrogen-bond donors (Lipinski definition) is 1. The molecule has 1 aliphatic carbocycles. The van der Waals surface area contributed by atoms with Gasteiger partial charge in [-0.25, -0.2) is 9.67 Å². The van der Waals surface area contributed by atoms with Gasteiger partial charge < -0.3 is 5.32 Å². The molecular weight excluding hydrogens is 356 g/mol. The van der Waals surface area contributed by atoms with Crippen LogP contribution in [0.15, 0.2) is 59.9 Å². The Bertz CT molecular complexity index is 935. The van der Waals surface area contributed by atoms with Crippen molar-refractivity contribution in [1.82, 2.24) is 14.8 Å². The summed E-state index contributed by atoms with van der Waals surface area (Å²) in [6.07, 6.45) is 6.61. The van der Waals surface area contributed by atoms with Crippen LogP contribution in [0.4, 0.5) is 5.82 Å². The van der Waals surface area contributed by atoms with E-state index in [-0.39, 0.29) is 11.9 Å². The molecule has 6 heteroatoms. The molecular formula is C21H22N4OS. The van der Waals surface area contributed by atoms with Crippen LogP contribution in [0.2, 0.25) is 0 Å².